The van der Waals surface area contributed by atoms with Crippen LogP contribution in [0.5, 0.6) is 17.5 Å². The number of anilines is 1. The monoisotopic (exact) mass is 378 g/mol. The Morgan fingerprint density at radius 3 is 2.64 bits per heavy atom. The Kier molecular flexibility index (Phi) is 6.06. The van der Waals surface area contributed by atoms with Crippen molar-refractivity contribution < 1.29 is 14.3 Å². The van der Waals surface area contributed by atoms with Crippen molar-refractivity contribution in [2.75, 3.05) is 5.73 Å². The third kappa shape index (κ3) is 4.56. The molecule has 144 valence electrons. The first-order valence-electron chi connectivity index (χ1n) is 9.06. The van der Waals surface area contributed by atoms with Crippen molar-refractivity contribution in [3.8, 4) is 17.5 Å². The SMILES string of the molecule is CC.Nc1cccc(CN2Cc3ccc(Oc4ncccn4)cc3OC2=O)c1. The molecule has 2 heterocycles. The van der Waals surface area contributed by atoms with E-state index in [0.29, 0.717) is 30.3 Å². The van der Waals surface area contributed by atoms with Crippen LogP contribution < -0.4 is 15.2 Å². The highest BCUT2D eigenvalue weighted by atomic mass is 16.6. The van der Waals surface area contributed by atoms with E-state index in [9.17, 15) is 4.79 Å². The van der Waals surface area contributed by atoms with Gasteiger partial charge in [0.2, 0.25) is 0 Å². The number of fused-ring (bicyclic) bond motifs is 1. The maximum absolute atomic E-state index is 12.3. The van der Waals surface area contributed by atoms with E-state index in [2.05, 4.69) is 9.97 Å². The van der Waals surface area contributed by atoms with Crippen LogP contribution in [0.25, 0.3) is 0 Å². The van der Waals surface area contributed by atoms with Crippen LogP contribution in [-0.4, -0.2) is 21.0 Å². The van der Waals surface area contributed by atoms with Gasteiger partial charge in [-0.05, 0) is 35.9 Å². The van der Waals surface area contributed by atoms with Gasteiger partial charge in [-0.1, -0.05) is 26.0 Å². The molecule has 1 amide bonds. The molecule has 7 heteroatoms. The smallest absolute Gasteiger partial charge is 0.415 e. The second-order valence-electron chi connectivity index (χ2n) is 5.87. The maximum Gasteiger partial charge on any atom is 0.415 e. The summed E-state index contributed by atoms with van der Waals surface area (Å²) in [6.45, 7) is 4.88. The number of benzene rings is 2. The van der Waals surface area contributed by atoms with Crippen molar-refractivity contribution in [1.29, 1.82) is 0 Å². The number of hydrogen-bond acceptors (Lipinski definition) is 6. The van der Waals surface area contributed by atoms with Gasteiger partial charge < -0.3 is 15.2 Å². The fraction of sp³-hybridized carbons (Fsp3) is 0.190. The van der Waals surface area contributed by atoms with Crippen LogP contribution in [0.3, 0.4) is 0 Å². The highest BCUT2D eigenvalue weighted by molar-refractivity contribution is 5.73. The van der Waals surface area contributed by atoms with Gasteiger partial charge in [-0.2, -0.15) is 0 Å². The van der Waals surface area contributed by atoms with Gasteiger partial charge >= 0.3 is 12.1 Å². The molecule has 2 aromatic carbocycles. The zero-order valence-electron chi connectivity index (χ0n) is 15.8. The van der Waals surface area contributed by atoms with E-state index in [-0.39, 0.29) is 6.01 Å². The summed E-state index contributed by atoms with van der Waals surface area (Å²) < 4.78 is 11.0. The molecule has 0 radical (unpaired) electrons. The van der Waals surface area contributed by atoms with E-state index in [4.69, 9.17) is 15.2 Å². The summed E-state index contributed by atoms with van der Waals surface area (Å²) >= 11 is 0. The standard InChI is InChI=1S/C19H16N4O3.C2H6/c20-15-4-1-3-13(9-15)11-23-12-14-5-6-16(10-17(14)26-19(23)24)25-18-21-7-2-8-22-18;1-2/h1-10H,11-12,20H2;1-2H3. The van der Waals surface area contributed by atoms with Gasteiger partial charge in [0.05, 0.1) is 6.54 Å². The number of aromatic nitrogens is 2. The second kappa shape index (κ2) is 8.85. The minimum atomic E-state index is -0.409. The van der Waals surface area contributed by atoms with Crippen molar-refractivity contribution in [1.82, 2.24) is 14.9 Å². The molecular formula is C21H22N4O3. The van der Waals surface area contributed by atoms with Crippen LogP contribution in [0.4, 0.5) is 10.5 Å². The molecule has 3 aromatic rings. The highest BCUT2D eigenvalue weighted by Gasteiger charge is 2.25. The molecular weight excluding hydrogens is 356 g/mol. The van der Waals surface area contributed by atoms with Gasteiger partial charge in [0, 0.05) is 36.3 Å². The number of nitrogens with zero attached hydrogens (tertiary/aromatic N) is 3. The number of nitrogen functional groups attached to an aromatic ring is 1. The first-order chi connectivity index (χ1) is 13.7. The quantitative estimate of drug-likeness (QED) is 0.677. The van der Waals surface area contributed by atoms with Gasteiger partial charge in [0.1, 0.15) is 11.5 Å². The third-order valence-corrected chi connectivity index (χ3v) is 3.93. The predicted octanol–water partition coefficient (Wildman–Crippen LogP) is 4.39. The Labute approximate surface area is 163 Å². The number of nitrogens with two attached hydrogens (primary N) is 1. The van der Waals surface area contributed by atoms with Crippen molar-refractivity contribution >= 4 is 11.8 Å². The zero-order valence-corrected chi connectivity index (χ0v) is 15.8. The van der Waals surface area contributed by atoms with Gasteiger partial charge in [-0.25, -0.2) is 14.8 Å². The van der Waals surface area contributed by atoms with E-state index in [1.54, 1.807) is 35.5 Å². The molecule has 1 aromatic heterocycles. The lowest BCUT2D eigenvalue weighted by molar-refractivity contribution is 0.135. The molecule has 4 rings (SSSR count). The first kappa shape index (κ1) is 19.2. The lowest BCUT2D eigenvalue weighted by Crippen LogP contribution is -2.36. The molecule has 1 aliphatic heterocycles. The number of hydrogen-bond donors (Lipinski definition) is 1. The van der Waals surface area contributed by atoms with E-state index in [1.165, 1.54) is 0 Å². The highest BCUT2D eigenvalue weighted by Crippen LogP contribution is 2.32. The minimum Gasteiger partial charge on any atom is -0.424 e. The Morgan fingerprint density at radius 2 is 1.89 bits per heavy atom. The van der Waals surface area contributed by atoms with Gasteiger partial charge in [-0.15, -0.1) is 0 Å². The summed E-state index contributed by atoms with van der Waals surface area (Å²) in [4.78, 5) is 22.0. The lowest BCUT2D eigenvalue weighted by Gasteiger charge is -2.28. The van der Waals surface area contributed by atoms with Gasteiger partial charge in [0.15, 0.2) is 0 Å². The molecule has 0 saturated heterocycles. The van der Waals surface area contributed by atoms with Crippen LogP contribution in [0.2, 0.25) is 0 Å². The fourth-order valence-electron chi connectivity index (χ4n) is 2.73. The molecule has 0 atom stereocenters. The fourth-order valence-corrected chi connectivity index (χ4v) is 2.73. The Morgan fingerprint density at radius 1 is 1.11 bits per heavy atom. The summed E-state index contributed by atoms with van der Waals surface area (Å²) in [7, 11) is 0. The second-order valence-corrected chi connectivity index (χ2v) is 5.87. The van der Waals surface area contributed by atoms with E-state index in [0.717, 1.165) is 11.1 Å². The van der Waals surface area contributed by atoms with Crippen LogP contribution in [-0.2, 0) is 13.1 Å². The number of carbonyl (C=O) groups is 1. The Hall–Kier alpha value is -3.61. The Balaban J connectivity index is 0.00000109. The average molecular weight is 378 g/mol. The Bertz CT molecular complexity index is 947. The predicted molar refractivity (Wildman–Crippen MR) is 106 cm³/mol. The molecule has 0 saturated carbocycles. The summed E-state index contributed by atoms with van der Waals surface area (Å²) in [5, 5.41) is 0. The number of amides is 1. The van der Waals surface area contributed by atoms with Gasteiger partial charge in [-0.3, -0.25) is 4.90 Å². The minimum absolute atomic E-state index is 0.234. The largest absolute Gasteiger partial charge is 0.424 e. The molecule has 2 N–H and O–H groups in total. The van der Waals surface area contributed by atoms with Crippen LogP contribution >= 0.6 is 0 Å². The van der Waals surface area contributed by atoms with Crippen LogP contribution in [0.15, 0.2) is 60.9 Å². The zero-order chi connectivity index (χ0) is 19.9. The van der Waals surface area contributed by atoms with E-state index < -0.39 is 6.09 Å². The molecule has 0 spiro atoms. The summed E-state index contributed by atoms with van der Waals surface area (Å²) in [6, 6.07) is 14.7. The molecule has 0 unspecified atom stereocenters. The average Bonchev–Trinajstić information content (AvgIpc) is 2.71. The number of ether oxygens (including phenoxy) is 2. The number of carbonyl (C=O) groups excluding carboxylic acids is 1. The first-order valence-corrected chi connectivity index (χ1v) is 9.06. The summed E-state index contributed by atoms with van der Waals surface area (Å²) in [6.07, 6.45) is 2.78. The molecule has 1 aliphatic rings. The van der Waals surface area contributed by atoms with E-state index >= 15 is 0 Å². The third-order valence-electron chi connectivity index (χ3n) is 3.93. The molecule has 0 bridgehead atoms. The van der Waals surface area contributed by atoms with Crippen molar-refractivity contribution in [3.63, 3.8) is 0 Å². The van der Waals surface area contributed by atoms with Crippen molar-refractivity contribution in [3.05, 3.63) is 72.1 Å². The molecule has 28 heavy (non-hydrogen) atoms. The molecule has 0 fully saturated rings. The topological polar surface area (TPSA) is 90.6 Å². The molecule has 0 aliphatic carbocycles. The van der Waals surface area contributed by atoms with Gasteiger partial charge in [0.25, 0.3) is 0 Å². The van der Waals surface area contributed by atoms with Crippen LogP contribution in [0.1, 0.15) is 25.0 Å². The normalized spacial score (nSPS) is 12.4. The summed E-state index contributed by atoms with van der Waals surface area (Å²) in [5.41, 5.74) is 8.31. The van der Waals surface area contributed by atoms with Crippen molar-refractivity contribution in [2.24, 2.45) is 0 Å². The van der Waals surface area contributed by atoms with Crippen molar-refractivity contribution in [2.45, 2.75) is 26.9 Å². The summed E-state index contributed by atoms with van der Waals surface area (Å²) in [5.74, 6) is 0.985. The number of rotatable bonds is 4. The van der Waals surface area contributed by atoms with Crippen LogP contribution in [0, 0.1) is 0 Å². The maximum atomic E-state index is 12.3. The lowest BCUT2D eigenvalue weighted by atomic mass is 10.1. The van der Waals surface area contributed by atoms with E-state index in [1.807, 2.05) is 44.2 Å². The molecule has 7 nitrogen and oxygen atoms in total.